The lowest BCUT2D eigenvalue weighted by molar-refractivity contribution is -0.384. The number of amides is 1. The molecule has 0 aromatic heterocycles. The van der Waals surface area contributed by atoms with Crippen LogP contribution in [0.15, 0.2) is 48.5 Å². The molecule has 7 nitrogen and oxygen atoms in total. The Kier molecular flexibility index (Phi) is 6.54. The van der Waals surface area contributed by atoms with Crippen LogP contribution in [-0.4, -0.2) is 37.0 Å². The van der Waals surface area contributed by atoms with Crippen molar-refractivity contribution in [3.05, 3.63) is 69.8 Å². The van der Waals surface area contributed by atoms with E-state index in [1.807, 2.05) is 13.0 Å². The smallest absolute Gasteiger partial charge is 0.269 e. The predicted octanol–water partition coefficient (Wildman–Crippen LogP) is 3.84. The molecule has 0 unspecified atom stereocenters. The minimum Gasteiger partial charge on any atom is -0.493 e. The first kappa shape index (κ1) is 20.0. The summed E-state index contributed by atoms with van der Waals surface area (Å²) in [4.78, 5) is 24.5. The number of nitrogens with zero attached hydrogens (tertiary/aromatic N) is 2. The van der Waals surface area contributed by atoms with Gasteiger partial charge in [0.05, 0.1) is 25.2 Å². The van der Waals surface area contributed by atoms with Gasteiger partial charge in [-0.2, -0.15) is 0 Å². The maximum absolute atomic E-state index is 12.5. The molecule has 0 spiro atoms. The van der Waals surface area contributed by atoms with Gasteiger partial charge in [0.15, 0.2) is 11.5 Å². The quantitative estimate of drug-likeness (QED) is 0.420. The number of para-hydroxylation sites is 1. The second-order valence-corrected chi connectivity index (χ2v) is 5.89. The number of rotatable bonds is 7. The molecule has 0 saturated heterocycles. The van der Waals surface area contributed by atoms with E-state index in [2.05, 4.69) is 0 Å². The van der Waals surface area contributed by atoms with Crippen LogP contribution in [0.3, 0.4) is 0 Å². The Morgan fingerprint density at radius 3 is 2.52 bits per heavy atom. The summed E-state index contributed by atoms with van der Waals surface area (Å²) in [5.41, 5.74) is 1.39. The van der Waals surface area contributed by atoms with Gasteiger partial charge in [-0.3, -0.25) is 14.9 Å². The minimum absolute atomic E-state index is 0.00291. The lowest BCUT2D eigenvalue weighted by Crippen LogP contribution is -2.28. The summed E-state index contributed by atoms with van der Waals surface area (Å²) in [7, 11) is 4.73. The Morgan fingerprint density at radius 1 is 1.19 bits per heavy atom. The standard InChI is InChI=1S/C20H22N2O5/c1-14(16-8-5-9-17(13-16)22(24)25)21(2)19(23)12-11-15-7-6-10-18(26-3)20(15)27-4/h5-14H,1-4H3/b12-11+/t14-/m1/s1. The molecule has 0 bridgehead atoms. The third-order valence-corrected chi connectivity index (χ3v) is 4.33. The first-order valence-electron chi connectivity index (χ1n) is 8.29. The van der Waals surface area contributed by atoms with Crippen LogP contribution in [0, 0.1) is 10.1 Å². The Balaban J connectivity index is 2.19. The number of methoxy groups -OCH3 is 2. The van der Waals surface area contributed by atoms with Gasteiger partial charge in [-0.15, -0.1) is 0 Å². The molecule has 2 aromatic rings. The molecule has 0 N–H and O–H groups in total. The van der Waals surface area contributed by atoms with Gasteiger partial charge in [0.2, 0.25) is 5.91 Å². The van der Waals surface area contributed by atoms with Gasteiger partial charge >= 0.3 is 0 Å². The van der Waals surface area contributed by atoms with Gasteiger partial charge in [0, 0.05) is 30.8 Å². The zero-order valence-electron chi connectivity index (χ0n) is 15.7. The minimum atomic E-state index is -0.451. The van der Waals surface area contributed by atoms with E-state index >= 15 is 0 Å². The van der Waals surface area contributed by atoms with Gasteiger partial charge in [-0.1, -0.05) is 24.3 Å². The molecule has 0 fully saturated rings. The molecule has 0 saturated carbocycles. The maximum atomic E-state index is 12.5. The number of ether oxygens (including phenoxy) is 2. The highest BCUT2D eigenvalue weighted by molar-refractivity contribution is 5.92. The topological polar surface area (TPSA) is 81.9 Å². The van der Waals surface area contributed by atoms with Crippen molar-refractivity contribution in [2.45, 2.75) is 13.0 Å². The Labute approximate surface area is 158 Å². The normalized spacial score (nSPS) is 11.9. The number of hydrogen-bond donors (Lipinski definition) is 0. The van der Waals surface area contributed by atoms with Crippen molar-refractivity contribution >= 4 is 17.7 Å². The fourth-order valence-corrected chi connectivity index (χ4v) is 2.63. The lowest BCUT2D eigenvalue weighted by Gasteiger charge is -2.24. The highest BCUT2D eigenvalue weighted by Crippen LogP contribution is 2.31. The second kappa shape index (κ2) is 8.84. The second-order valence-electron chi connectivity index (χ2n) is 5.89. The number of carbonyl (C=O) groups excluding carboxylic acids is 1. The SMILES string of the molecule is COc1cccc(/C=C/C(=O)N(C)[C@H](C)c2cccc([N+](=O)[O-])c2)c1OC. The molecular weight excluding hydrogens is 348 g/mol. The van der Waals surface area contributed by atoms with Crippen molar-refractivity contribution in [2.24, 2.45) is 0 Å². The average molecular weight is 370 g/mol. The van der Waals surface area contributed by atoms with Gasteiger partial charge in [-0.25, -0.2) is 0 Å². The number of likely N-dealkylation sites (N-methyl/N-ethyl adjacent to an activating group) is 1. The van der Waals surface area contributed by atoms with Crippen molar-refractivity contribution in [2.75, 3.05) is 21.3 Å². The van der Waals surface area contributed by atoms with Crippen molar-refractivity contribution < 1.29 is 19.2 Å². The number of carbonyl (C=O) groups is 1. The van der Waals surface area contributed by atoms with Crippen LogP contribution < -0.4 is 9.47 Å². The van der Waals surface area contributed by atoms with E-state index in [4.69, 9.17) is 9.47 Å². The molecular formula is C20H22N2O5. The zero-order chi connectivity index (χ0) is 20.0. The predicted molar refractivity (Wildman–Crippen MR) is 103 cm³/mol. The zero-order valence-corrected chi connectivity index (χ0v) is 15.7. The number of hydrogen-bond acceptors (Lipinski definition) is 5. The largest absolute Gasteiger partial charge is 0.493 e. The van der Waals surface area contributed by atoms with Gasteiger partial charge in [0.1, 0.15) is 0 Å². The van der Waals surface area contributed by atoms with Crippen LogP contribution in [-0.2, 0) is 4.79 Å². The van der Waals surface area contributed by atoms with Crippen molar-refractivity contribution in [3.63, 3.8) is 0 Å². The number of nitro groups is 1. The third-order valence-electron chi connectivity index (χ3n) is 4.33. The molecule has 2 aromatic carbocycles. The fraction of sp³-hybridized carbons (Fsp3) is 0.250. The van der Waals surface area contributed by atoms with E-state index in [1.165, 1.54) is 30.2 Å². The van der Waals surface area contributed by atoms with Crippen molar-refractivity contribution in [3.8, 4) is 11.5 Å². The fourth-order valence-electron chi connectivity index (χ4n) is 2.63. The van der Waals surface area contributed by atoms with E-state index < -0.39 is 4.92 Å². The Bertz CT molecular complexity index is 863. The molecule has 27 heavy (non-hydrogen) atoms. The van der Waals surface area contributed by atoms with E-state index in [1.54, 1.807) is 44.5 Å². The molecule has 1 amide bonds. The summed E-state index contributed by atoms with van der Waals surface area (Å²) in [5.74, 6) is 0.878. The first-order chi connectivity index (χ1) is 12.9. The molecule has 2 rings (SSSR count). The van der Waals surface area contributed by atoms with E-state index in [-0.39, 0.29) is 17.6 Å². The maximum Gasteiger partial charge on any atom is 0.269 e. The number of nitro benzene ring substituents is 1. The molecule has 0 radical (unpaired) electrons. The highest BCUT2D eigenvalue weighted by atomic mass is 16.6. The van der Waals surface area contributed by atoms with E-state index in [0.717, 1.165) is 0 Å². The average Bonchev–Trinajstić information content (AvgIpc) is 2.70. The van der Waals surface area contributed by atoms with Crippen molar-refractivity contribution in [1.82, 2.24) is 4.90 Å². The molecule has 0 aliphatic rings. The molecule has 142 valence electrons. The van der Waals surface area contributed by atoms with Crippen LogP contribution in [0.5, 0.6) is 11.5 Å². The summed E-state index contributed by atoms with van der Waals surface area (Å²) >= 11 is 0. The number of benzene rings is 2. The van der Waals surface area contributed by atoms with E-state index in [9.17, 15) is 14.9 Å². The molecule has 0 aliphatic carbocycles. The Morgan fingerprint density at radius 2 is 1.89 bits per heavy atom. The van der Waals surface area contributed by atoms with Crippen LogP contribution in [0.2, 0.25) is 0 Å². The summed E-state index contributed by atoms with van der Waals surface area (Å²) in [5, 5.41) is 10.9. The summed E-state index contributed by atoms with van der Waals surface area (Å²) in [6.45, 7) is 1.82. The summed E-state index contributed by atoms with van der Waals surface area (Å²) in [6, 6.07) is 11.3. The number of non-ortho nitro benzene ring substituents is 1. The molecule has 1 atom stereocenters. The van der Waals surface area contributed by atoms with Crippen LogP contribution in [0.1, 0.15) is 24.1 Å². The Hall–Kier alpha value is -3.35. The van der Waals surface area contributed by atoms with Crippen LogP contribution in [0.4, 0.5) is 5.69 Å². The lowest BCUT2D eigenvalue weighted by atomic mass is 10.1. The van der Waals surface area contributed by atoms with Gasteiger partial charge in [-0.05, 0) is 24.6 Å². The summed E-state index contributed by atoms with van der Waals surface area (Å²) < 4.78 is 10.6. The molecule has 7 heteroatoms. The molecule has 0 aliphatic heterocycles. The van der Waals surface area contributed by atoms with Crippen molar-refractivity contribution in [1.29, 1.82) is 0 Å². The van der Waals surface area contributed by atoms with Gasteiger partial charge < -0.3 is 14.4 Å². The van der Waals surface area contributed by atoms with Gasteiger partial charge in [0.25, 0.3) is 5.69 Å². The third kappa shape index (κ3) is 4.63. The first-order valence-corrected chi connectivity index (χ1v) is 8.29. The van der Waals surface area contributed by atoms with E-state index in [0.29, 0.717) is 22.6 Å². The highest BCUT2D eigenvalue weighted by Gasteiger charge is 2.18. The monoisotopic (exact) mass is 370 g/mol. The summed E-state index contributed by atoms with van der Waals surface area (Å²) in [6.07, 6.45) is 3.09. The molecule has 0 heterocycles. The van der Waals surface area contributed by atoms with Crippen LogP contribution >= 0.6 is 0 Å². The van der Waals surface area contributed by atoms with Crippen LogP contribution in [0.25, 0.3) is 6.08 Å².